The zero-order valence-corrected chi connectivity index (χ0v) is 15.9. The molecule has 0 unspecified atom stereocenters. The van der Waals surface area contributed by atoms with Gasteiger partial charge in [-0.3, -0.25) is 9.69 Å². The zero-order valence-electron chi connectivity index (χ0n) is 15.9. The highest BCUT2D eigenvalue weighted by Gasteiger charge is 2.24. The van der Waals surface area contributed by atoms with Crippen molar-refractivity contribution in [1.29, 1.82) is 0 Å². The molecular weight excluding hydrogens is 326 g/mol. The van der Waals surface area contributed by atoms with Crippen molar-refractivity contribution < 1.29 is 9.59 Å². The number of Topliss-reactive ketones (excluding diaryl/α,β-unsaturated/α-hetero) is 1. The minimum absolute atomic E-state index is 0.0676. The molecule has 5 heteroatoms. The number of hydrogen-bond acceptors (Lipinski definition) is 3. The molecule has 2 aliphatic rings. The Balaban J connectivity index is 1.42. The third-order valence-electron chi connectivity index (χ3n) is 5.64. The molecule has 26 heavy (non-hydrogen) atoms. The zero-order chi connectivity index (χ0) is 18.4. The maximum Gasteiger partial charge on any atom is 0.317 e. The molecule has 1 saturated carbocycles. The van der Waals surface area contributed by atoms with Gasteiger partial charge in [-0.2, -0.15) is 0 Å². The Labute approximate surface area is 156 Å². The van der Waals surface area contributed by atoms with Crippen LogP contribution in [0.25, 0.3) is 0 Å². The van der Waals surface area contributed by atoms with Gasteiger partial charge in [0, 0.05) is 37.8 Å². The van der Waals surface area contributed by atoms with Gasteiger partial charge in [-0.1, -0.05) is 50.5 Å². The molecule has 1 aliphatic heterocycles. The van der Waals surface area contributed by atoms with Crippen LogP contribution in [0.3, 0.4) is 0 Å². The Kier molecular flexibility index (Phi) is 6.67. The van der Waals surface area contributed by atoms with Crippen LogP contribution in [0.2, 0.25) is 0 Å². The van der Waals surface area contributed by atoms with E-state index >= 15 is 0 Å². The van der Waals surface area contributed by atoms with E-state index in [0.29, 0.717) is 25.7 Å². The van der Waals surface area contributed by atoms with Crippen LogP contribution in [-0.4, -0.2) is 60.4 Å². The maximum atomic E-state index is 12.5. The molecule has 2 fully saturated rings. The second-order valence-electron chi connectivity index (χ2n) is 7.52. The summed E-state index contributed by atoms with van der Waals surface area (Å²) in [5.74, 6) is 0.160. The molecule has 0 aromatic heterocycles. The number of aryl methyl sites for hydroxylation is 1. The molecule has 0 radical (unpaired) electrons. The smallest absolute Gasteiger partial charge is 0.317 e. The molecule has 1 heterocycles. The predicted molar refractivity (Wildman–Crippen MR) is 104 cm³/mol. The van der Waals surface area contributed by atoms with E-state index in [4.69, 9.17) is 0 Å². The van der Waals surface area contributed by atoms with Crippen molar-refractivity contribution in [2.24, 2.45) is 0 Å². The van der Waals surface area contributed by atoms with E-state index in [9.17, 15) is 9.59 Å². The Morgan fingerprint density at radius 3 is 2.27 bits per heavy atom. The fraction of sp³-hybridized carbons (Fsp3) is 0.619. The first-order chi connectivity index (χ1) is 12.7. The van der Waals surface area contributed by atoms with Gasteiger partial charge < -0.3 is 10.2 Å². The largest absolute Gasteiger partial charge is 0.335 e. The van der Waals surface area contributed by atoms with Crippen LogP contribution in [0, 0.1) is 0 Å². The second-order valence-corrected chi connectivity index (χ2v) is 7.52. The first-order valence-electron chi connectivity index (χ1n) is 10.1. The molecule has 3 rings (SSSR count). The summed E-state index contributed by atoms with van der Waals surface area (Å²) in [4.78, 5) is 28.9. The summed E-state index contributed by atoms with van der Waals surface area (Å²) in [7, 11) is 0. The molecule has 0 spiro atoms. The Morgan fingerprint density at radius 1 is 1.00 bits per heavy atom. The average molecular weight is 357 g/mol. The quantitative estimate of drug-likeness (QED) is 0.824. The maximum absolute atomic E-state index is 12.5. The number of nitrogens with zero attached hydrogens (tertiary/aromatic N) is 2. The van der Waals surface area contributed by atoms with Crippen LogP contribution >= 0.6 is 0 Å². The number of piperazine rings is 1. The highest BCUT2D eigenvalue weighted by atomic mass is 16.2. The molecule has 5 nitrogen and oxygen atoms in total. The highest BCUT2D eigenvalue weighted by Crippen LogP contribution is 2.18. The molecule has 1 aromatic rings. The Bertz CT molecular complexity index is 600. The summed E-state index contributed by atoms with van der Waals surface area (Å²) >= 11 is 0. The van der Waals surface area contributed by atoms with Crippen LogP contribution in [-0.2, 0) is 6.42 Å². The minimum Gasteiger partial charge on any atom is -0.335 e. The van der Waals surface area contributed by atoms with Crippen molar-refractivity contribution in [3.05, 3.63) is 35.4 Å². The first kappa shape index (κ1) is 18.9. The molecule has 0 bridgehead atoms. The SMILES string of the molecule is CCc1ccc(C(=O)CN2CCN(C(=O)NC3CCCCC3)CC2)cc1. The van der Waals surface area contributed by atoms with Gasteiger partial charge in [0.05, 0.1) is 6.54 Å². The molecular formula is C21H31N3O2. The molecule has 0 atom stereocenters. The monoisotopic (exact) mass is 357 g/mol. The van der Waals surface area contributed by atoms with Gasteiger partial charge in [-0.25, -0.2) is 4.79 Å². The minimum atomic E-state index is 0.0676. The van der Waals surface area contributed by atoms with Crippen molar-refractivity contribution in [2.45, 2.75) is 51.5 Å². The van der Waals surface area contributed by atoms with Gasteiger partial charge in [0.1, 0.15) is 0 Å². The normalized spacial score (nSPS) is 19.3. The van der Waals surface area contributed by atoms with E-state index < -0.39 is 0 Å². The first-order valence-corrected chi connectivity index (χ1v) is 10.1. The van der Waals surface area contributed by atoms with Crippen LogP contribution in [0.15, 0.2) is 24.3 Å². The van der Waals surface area contributed by atoms with Crippen molar-refractivity contribution >= 4 is 11.8 Å². The fourth-order valence-corrected chi connectivity index (χ4v) is 3.84. The summed E-state index contributed by atoms with van der Waals surface area (Å²) < 4.78 is 0. The summed E-state index contributed by atoms with van der Waals surface area (Å²) in [6, 6.07) is 8.32. The van der Waals surface area contributed by atoms with Gasteiger partial charge >= 0.3 is 6.03 Å². The van der Waals surface area contributed by atoms with E-state index in [2.05, 4.69) is 17.1 Å². The molecule has 1 saturated heterocycles. The lowest BCUT2D eigenvalue weighted by molar-refractivity contribution is 0.0876. The topological polar surface area (TPSA) is 52.7 Å². The number of benzene rings is 1. The summed E-state index contributed by atoms with van der Waals surface area (Å²) in [5, 5.41) is 3.18. The number of carbonyl (C=O) groups excluding carboxylic acids is 2. The second kappa shape index (κ2) is 9.17. The van der Waals surface area contributed by atoms with Crippen molar-refractivity contribution in [2.75, 3.05) is 32.7 Å². The van der Waals surface area contributed by atoms with Crippen LogP contribution in [0.4, 0.5) is 4.79 Å². The lowest BCUT2D eigenvalue weighted by Gasteiger charge is -2.35. The predicted octanol–water partition coefficient (Wildman–Crippen LogP) is 3.09. The number of amides is 2. The van der Waals surface area contributed by atoms with E-state index in [1.807, 2.05) is 29.2 Å². The van der Waals surface area contributed by atoms with Crippen molar-refractivity contribution in [1.82, 2.24) is 15.1 Å². The van der Waals surface area contributed by atoms with Gasteiger partial charge in [-0.05, 0) is 24.8 Å². The Morgan fingerprint density at radius 2 is 1.65 bits per heavy atom. The van der Waals surface area contributed by atoms with Gasteiger partial charge in [0.25, 0.3) is 0 Å². The number of nitrogens with one attached hydrogen (secondary N) is 1. The van der Waals surface area contributed by atoms with Crippen molar-refractivity contribution in [3.63, 3.8) is 0 Å². The van der Waals surface area contributed by atoms with E-state index in [1.165, 1.54) is 24.8 Å². The third-order valence-corrected chi connectivity index (χ3v) is 5.64. The van der Waals surface area contributed by atoms with E-state index in [1.54, 1.807) is 0 Å². The van der Waals surface area contributed by atoms with Crippen LogP contribution in [0.5, 0.6) is 0 Å². The number of rotatable bonds is 5. The molecule has 2 amide bonds. The average Bonchev–Trinajstić information content (AvgIpc) is 2.69. The third kappa shape index (κ3) is 5.07. The van der Waals surface area contributed by atoms with Gasteiger partial charge in [0.15, 0.2) is 5.78 Å². The summed E-state index contributed by atoms with van der Waals surface area (Å²) in [6.45, 7) is 5.46. The molecule has 1 aliphatic carbocycles. The lowest BCUT2D eigenvalue weighted by atomic mass is 9.96. The fourth-order valence-electron chi connectivity index (χ4n) is 3.84. The van der Waals surface area contributed by atoms with Gasteiger partial charge in [0.2, 0.25) is 0 Å². The van der Waals surface area contributed by atoms with Crippen LogP contribution < -0.4 is 5.32 Å². The van der Waals surface area contributed by atoms with Crippen molar-refractivity contribution in [3.8, 4) is 0 Å². The molecule has 1 aromatic carbocycles. The molecule has 1 N–H and O–H groups in total. The summed E-state index contributed by atoms with van der Waals surface area (Å²) in [6.07, 6.45) is 6.94. The number of carbonyl (C=O) groups is 2. The number of hydrogen-bond donors (Lipinski definition) is 1. The highest BCUT2D eigenvalue weighted by molar-refractivity contribution is 5.97. The Hall–Kier alpha value is -1.88. The standard InChI is InChI=1S/C21H31N3O2/c1-2-17-8-10-18(11-9-17)20(25)16-23-12-14-24(15-13-23)21(26)22-19-6-4-3-5-7-19/h8-11,19H,2-7,12-16H2,1H3,(H,22,26). The van der Waals surface area contributed by atoms with Gasteiger partial charge in [-0.15, -0.1) is 0 Å². The van der Waals surface area contributed by atoms with E-state index in [-0.39, 0.29) is 11.8 Å². The number of ketones is 1. The number of urea groups is 1. The lowest BCUT2D eigenvalue weighted by Crippen LogP contribution is -2.54. The van der Waals surface area contributed by atoms with E-state index in [0.717, 1.165) is 37.9 Å². The summed E-state index contributed by atoms with van der Waals surface area (Å²) in [5.41, 5.74) is 2.03. The van der Waals surface area contributed by atoms with Crippen LogP contribution in [0.1, 0.15) is 54.9 Å². The molecule has 142 valence electrons.